The average Bonchev–Trinajstić information content (AvgIpc) is 2.65. The highest BCUT2D eigenvalue weighted by Gasteiger charge is 2.17. The van der Waals surface area contributed by atoms with Crippen molar-refractivity contribution in [2.75, 3.05) is 6.61 Å². The lowest BCUT2D eigenvalue weighted by Crippen LogP contribution is -2.43. The summed E-state index contributed by atoms with van der Waals surface area (Å²) >= 11 is 0. The predicted molar refractivity (Wildman–Crippen MR) is 106 cm³/mol. The molecule has 0 unspecified atom stereocenters. The van der Waals surface area contributed by atoms with Gasteiger partial charge in [-0.25, -0.2) is 4.79 Å². The number of aliphatic carboxylic acids is 1. The Morgan fingerprint density at radius 2 is 1.46 bits per heavy atom. The summed E-state index contributed by atoms with van der Waals surface area (Å²) in [5, 5.41) is 19.9. The third-order valence-electron chi connectivity index (χ3n) is 4.38. The zero-order valence-electron chi connectivity index (χ0n) is 17.3. The van der Waals surface area contributed by atoms with Crippen molar-refractivity contribution >= 4 is 11.9 Å². The first-order valence-corrected chi connectivity index (χ1v) is 10.2. The number of hydrogen-bond donors (Lipinski definition) is 3. The number of nitrogens with one attached hydrogen (secondary N) is 1. The molecule has 1 amide bonds. The molecule has 1 atom stereocenters. The molecule has 0 aromatic carbocycles. The van der Waals surface area contributed by atoms with E-state index in [1.807, 2.05) is 0 Å². The van der Waals surface area contributed by atoms with E-state index in [4.69, 9.17) is 11.6 Å². The zero-order chi connectivity index (χ0) is 20.2. The van der Waals surface area contributed by atoms with Crippen molar-refractivity contribution < 1.29 is 21.2 Å². The summed E-state index contributed by atoms with van der Waals surface area (Å²) in [5.41, 5.74) is 0. The van der Waals surface area contributed by atoms with E-state index in [2.05, 4.69) is 17.5 Å². The van der Waals surface area contributed by atoms with Crippen molar-refractivity contribution in [3.63, 3.8) is 0 Å². The molecule has 0 aliphatic carbocycles. The molecular weight excluding hydrogens is 330 g/mol. The first-order chi connectivity index (χ1) is 13.1. The lowest BCUT2D eigenvalue weighted by atomic mass is 10.1. The summed E-state index contributed by atoms with van der Waals surface area (Å²) in [6.07, 6.45) is 19.6. The summed E-state index contributed by atoms with van der Waals surface area (Å²) in [4.78, 5) is 22.3. The molecule has 0 aromatic rings. The van der Waals surface area contributed by atoms with E-state index < -0.39 is 18.6 Å². The van der Waals surface area contributed by atoms with Crippen molar-refractivity contribution in [2.45, 2.75) is 103 Å². The molecule has 0 aromatic heterocycles. The van der Waals surface area contributed by atoms with Gasteiger partial charge in [-0.3, -0.25) is 4.79 Å². The molecule has 26 heavy (non-hydrogen) atoms. The maximum absolute atomic E-state index is 11.6. The number of carbonyl (C=O) groups excluding carboxylic acids is 1. The van der Waals surface area contributed by atoms with E-state index in [9.17, 15) is 9.59 Å². The number of allylic oxidation sites excluding steroid dienone is 2. The molecule has 0 aliphatic rings. The van der Waals surface area contributed by atoms with Crippen LogP contribution in [0.5, 0.6) is 0 Å². The van der Waals surface area contributed by atoms with Crippen LogP contribution in [0.1, 0.15) is 98.2 Å². The van der Waals surface area contributed by atoms with Gasteiger partial charge in [-0.2, -0.15) is 0 Å². The van der Waals surface area contributed by atoms with Crippen molar-refractivity contribution in [3.05, 3.63) is 12.2 Å². The van der Waals surface area contributed by atoms with E-state index in [1.54, 1.807) is 0 Å². The number of carbonyl (C=O) groups is 2. The van der Waals surface area contributed by atoms with Crippen LogP contribution in [0.2, 0.25) is 0 Å². The van der Waals surface area contributed by atoms with Crippen LogP contribution in [-0.2, 0) is 9.59 Å². The molecule has 0 rings (SSSR count). The van der Waals surface area contributed by atoms with Gasteiger partial charge in [0, 0.05) is 7.79 Å². The van der Waals surface area contributed by atoms with Crippen LogP contribution in [-0.4, -0.2) is 34.7 Å². The SMILES string of the molecule is [2H]CCCCCCCC/C=C\CCCCCCCC(=O)N[C@@H](CO)C(=O)O. The predicted octanol–water partition coefficient (Wildman–Crippen LogP) is 4.59. The van der Waals surface area contributed by atoms with Gasteiger partial charge >= 0.3 is 5.97 Å². The van der Waals surface area contributed by atoms with Gasteiger partial charge in [0.15, 0.2) is 0 Å². The summed E-state index contributed by atoms with van der Waals surface area (Å²) in [7, 11) is 0. The van der Waals surface area contributed by atoms with Crippen LogP contribution < -0.4 is 5.32 Å². The molecular formula is C21H39NO4. The number of unbranched alkanes of at least 4 members (excludes halogenated alkanes) is 11. The van der Waals surface area contributed by atoms with E-state index in [1.165, 1.54) is 44.9 Å². The molecule has 0 radical (unpaired) electrons. The Morgan fingerprint density at radius 3 is 2.00 bits per heavy atom. The normalized spacial score (nSPS) is 12.9. The Bertz CT molecular complexity index is 402. The first kappa shape index (κ1) is 22.7. The lowest BCUT2D eigenvalue weighted by molar-refractivity contribution is -0.142. The lowest BCUT2D eigenvalue weighted by Gasteiger charge is -2.11. The highest BCUT2D eigenvalue weighted by Crippen LogP contribution is 2.10. The Morgan fingerprint density at radius 1 is 0.923 bits per heavy atom. The monoisotopic (exact) mass is 370 g/mol. The van der Waals surface area contributed by atoms with Crippen molar-refractivity contribution in [1.29, 1.82) is 0 Å². The second-order valence-electron chi connectivity index (χ2n) is 6.83. The van der Waals surface area contributed by atoms with Gasteiger partial charge in [0.1, 0.15) is 6.04 Å². The molecule has 5 heteroatoms. The standard InChI is InChI=1S/C21H39NO4/c1-2-3-4-5-6-7-8-9-10-11-12-13-14-15-16-17-20(24)22-19(18-23)21(25)26/h9-10,19,23H,2-8,11-18H2,1H3,(H,22,24)(H,25,26)/b10-9-/t19-/m0/s1/i1D. The molecule has 5 nitrogen and oxygen atoms in total. The number of amides is 1. The maximum Gasteiger partial charge on any atom is 0.328 e. The number of aliphatic hydroxyl groups excluding tert-OH is 1. The van der Waals surface area contributed by atoms with E-state index in [-0.39, 0.29) is 5.91 Å². The van der Waals surface area contributed by atoms with E-state index >= 15 is 0 Å². The second kappa shape index (κ2) is 18.4. The summed E-state index contributed by atoms with van der Waals surface area (Å²) in [6, 6.07) is -1.20. The van der Waals surface area contributed by atoms with Crippen molar-refractivity contribution in [2.24, 2.45) is 0 Å². The molecule has 0 heterocycles. The molecule has 0 bridgehead atoms. The van der Waals surface area contributed by atoms with Crippen LogP contribution in [0.4, 0.5) is 0 Å². The van der Waals surface area contributed by atoms with Gasteiger partial charge < -0.3 is 15.5 Å². The van der Waals surface area contributed by atoms with Crippen LogP contribution in [0, 0.1) is 0 Å². The third kappa shape index (κ3) is 16.1. The Kier molecular flexibility index (Phi) is 16.1. The van der Waals surface area contributed by atoms with Crippen LogP contribution in [0.3, 0.4) is 0 Å². The fraction of sp³-hybridized carbons (Fsp3) is 0.810. The molecule has 3 N–H and O–H groups in total. The highest BCUT2D eigenvalue weighted by molar-refractivity contribution is 5.83. The van der Waals surface area contributed by atoms with E-state index in [0.29, 0.717) is 13.3 Å². The number of carboxylic acid groups (broad SMARTS) is 1. The maximum atomic E-state index is 11.6. The Hall–Kier alpha value is -1.36. The summed E-state index contributed by atoms with van der Waals surface area (Å²) < 4.78 is 7.08. The summed E-state index contributed by atoms with van der Waals surface area (Å²) in [5.74, 6) is -1.52. The van der Waals surface area contributed by atoms with Crippen molar-refractivity contribution in [1.82, 2.24) is 5.32 Å². The average molecular weight is 371 g/mol. The minimum absolute atomic E-state index is 0.309. The smallest absolute Gasteiger partial charge is 0.328 e. The van der Waals surface area contributed by atoms with Gasteiger partial charge in [0.2, 0.25) is 5.91 Å². The fourth-order valence-corrected chi connectivity index (χ4v) is 2.74. The molecule has 0 spiro atoms. The number of hydrogen-bond acceptors (Lipinski definition) is 3. The topological polar surface area (TPSA) is 86.6 Å². The Balaban J connectivity index is 3.35. The quantitative estimate of drug-likeness (QED) is 0.243. The minimum atomic E-state index is -1.21. The third-order valence-corrected chi connectivity index (χ3v) is 4.38. The fourth-order valence-electron chi connectivity index (χ4n) is 2.74. The van der Waals surface area contributed by atoms with Gasteiger partial charge in [-0.1, -0.05) is 70.4 Å². The zero-order valence-corrected chi connectivity index (χ0v) is 16.3. The molecule has 0 saturated carbocycles. The highest BCUT2D eigenvalue weighted by atomic mass is 16.4. The van der Waals surface area contributed by atoms with Crippen LogP contribution >= 0.6 is 0 Å². The van der Waals surface area contributed by atoms with Gasteiger partial charge in [0.25, 0.3) is 0 Å². The molecule has 0 fully saturated rings. The largest absolute Gasteiger partial charge is 0.480 e. The van der Waals surface area contributed by atoms with Gasteiger partial charge in [-0.05, 0) is 32.1 Å². The first-order valence-electron chi connectivity index (χ1n) is 10.9. The van der Waals surface area contributed by atoms with Crippen LogP contribution in [0.25, 0.3) is 0 Å². The van der Waals surface area contributed by atoms with Gasteiger partial charge in [-0.15, -0.1) is 0 Å². The molecule has 0 aliphatic heterocycles. The number of aliphatic hydroxyl groups is 1. The molecule has 0 saturated heterocycles. The second-order valence-corrected chi connectivity index (χ2v) is 6.83. The van der Waals surface area contributed by atoms with Crippen LogP contribution in [0.15, 0.2) is 12.2 Å². The Labute approximate surface area is 160 Å². The summed E-state index contributed by atoms with van der Waals surface area (Å²) in [6.45, 7) is -0.0167. The minimum Gasteiger partial charge on any atom is -0.480 e. The van der Waals surface area contributed by atoms with Crippen molar-refractivity contribution in [3.8, 4) is 0 Å². The number of carboxylic acids is 1. The molecule has 152 valence electrons. The van der Waals surface area contributed by atoms with Gasteiger partial charge in [0.05, 0.1) is 6.61 Å². The van der Waals surface area contributed by atoms with E-state index in [0.717, 1.165) is 38.5 Å². The number of rotatable bonds is 18.